The molecule has 1 saturated heterocycles. The van der Waals surface area contributed by atoms with Crippen LogP contribution < -0.4 is 10.1 Å². The number of ether oxygens (including phenoxy) is 1. The lowest BCUT2D eigenvalue weighted by atomic mass is 10.2. The van der Waals surface area contributed by atoms with Crippen molar-refractivity contribution in [3.8, 4) is 5.75 Å². The number of carbonyl (C=O) groups excluding carboxylic acids is 2. The van der Waals surface area contributed by atoms with Gasteiger partial charge in [-0.15, -0.1) is 0 Å². The van der Waals surface area contributed by atoms with E-state index in [9.17, 15) is 9.59 Å². The van der Waals surface area contributed by atoms with Gasteiger partial charge in [-0.3, -0.25) is 9.59 Å². The van der Waals surface area contributed by atoms with Gasteiger partial charge in [0.15, 0.2) is 0 Å². The Morgan fingerprint density at radius 3 is 3.00 bits per heavy atom. The van der Waals surface area contributed by atoms with Crippen LogP contribution in [0.25, 0.3) is 0 Å². The molecule has 114 valence electrons. The van der Waals surface area contributed by atoms with Crippen LogP contribution in [0, 0.1) is 0 Å². The highest BCUT2D eigenvalue weighted by molar-refractivity contribution is 6.32. The molecule has 0 unspecified atom stereocenters. The summed E-state index contributed by atoms with van der Waals surface area (Å²) in [5, 5.41) is 3.31. The van der Waals surface area contributed by atoms with Gasteiger partial charge in [0.05, 0.1) is 18.1 Å². The zero-order valence-corrected chi connectivity index (χ0v) is 12.7. The summed E-state index contributed by atoms with van der Waals surface area (Å²) < 4.78 is 5.51. The molecule has 0 saturated carbocycles. The predicted octanol–water partition coefficient (Wildman–Crippen LogP) is 1.85. The highest BCUT2D eigenvalue weighted by Gasteiger charge is 2.27. The number of hydrogen-bond acceptors (Lipinski definition) is 3. The molecule has 1 fully saturated rings. The Morgan fingerprint density at radius 1 is 1.48 bits per heavy atom. The highest BCUT2D eigenvalue weighted by Crippen LogP contribution is 2.23. The molecule has 2 rings (SSSR count). The second-order valence-corrected chi connectivity index (χ2v) is 5.34. The number of para-hydroxylation sites is 1. The monoisotopic (exact) mass is 310 g/mol. The van der Waals surface area contributed by atoms with Gasteiger partial charge < -0.3 is 15.0 Å². The number of nitrogens with zero attached hydrogens (tertiary/aromatic N) is 1. The third-order valence-corrected chi connectivity index (χ3v) is 3.76. The third kappa shape index (κ3) is 4.11. The van der Waals surface area contributed by atoms with Gasteiger partial charge in [-0.2, -0.15) is 0 Å². The van der Waals surface area contributed by atoms with Crippen LogP contribution in [0.2, 0.25) is 5.02 Å². The molecule has 0 aromatic heterocycles. The summed E-state index contributed by atoms with van der Waals surface area (Å²) >= 11 is 5.98. The summed E-state index contributed by atoms with van der Waals surface area (Å²) in [5.41, 5.74) is 0. The van der Waals surface area contributed by atoms with Gasteiger partial charge >= 0.3 is 0 Å². The Morgan fingerprint density at radius 2 is 2.24 bits per heavy atom. The van der Waals surface area contributed by atoms with Crippen molar-refractivity contribution in [2.24, 2.45) is 0 Å². The van der Waals surface area contributed by atoms with Crippen LogP contribution in [-0.2, 0) is 9.59 Å². The van der Waals surface area contributed by atoms with E-state index in [1.807, 2.05) is 12.1 Å². The van der Waals surface area contributed by atoms with Crippen molar-refractivity contribution >= 4 is 23.4 Å². The molecular weight excluding hydrogens is 292 g/mol. The maximum atomic E-state index is 12.2. The first kappa shape index (κ1) is 15.6. The molecule has 21 heavy (non-hydrogen) atoms. The molecule has 1 N–H and O–H groups in total. The quantitative estimate of drug-likeness (QED) is 0.923. The zero-order valence-electron chi connectivity index (χ0n) is 12.0. The van der Waals surface area contributed by atoms with Crippen molar-refractivity contribution in [1.29, 1.82) is 0 Å². The van der Waals surface area contributed by atoms with E-state index >= 15 is 0 Å². The molecule has 1 aliphatic rings. The summed E-state index contributed by atoms with van der Waals surface area (Å²) in [6.07, 6.45) is 0.996. The summed E-state index contributed by atoms with van der Waals surface area (Å²) in [4.78, 5) is 25.5. The lowest BCUT2D eigenvalue weighted by Crippen LogP contribution is -2.45. The minimum atomic E-state index is -0.430. The molecule has 2 amide bonds. The predicted molar refractivity (Wildman–Crippen MR) is 80.4 cm³/mol. The van der Waals surface area contributed by atoms with Crippen molar-refractivity contribution in [2.75, 3.05) is 19.7 Å². The number of halogens is 1. The molecule has 0 aliphatic carbocycles. The number of rotatable bonds is 4. The van der Waals surface area contributed by atoms with Gasteiger partial charge in [-0.25, -0.2) is 0 Å². The molecule has 1 atom stereocenters. The SMILES string of the molecule is C[C@H]1C(=O)NCCCN1C(=O)CCOc1ccccc1Cl. The van der Waals surface area contributed by atoms with Crippen LogP contribution in [-0.4, -0.2) is 42.5 Å². The molecule has 1 aromatic rings. The second-order valence-electron chi connectivity index (χ2n) is 4.94. The minimum Gasteiger partial charge on any atom is -0.491 e. The number of carbonyl (C=O) groups is 2. The van der Waals surface area contributed by atoms with Crippen molar-refractivity contribution < 1.29 is 14.3 Å². The van der Waals surface area contributed by atoms with Gasteiger partial charge in [-0.1, -0.05) is 23.7 Å². The van der Waals surface area contributed by atoms with Crippen molar-refractivity contribution in [3.63, 3.8) is 0 Å². The molecule has 5 nitrogen and oxygen atoms in total. The van der Waals surface area contributed by atoms with E-state index in [1.165, 1.54) is 0 Å². The van der Waals surface area contributed by atoms with Crippen LogP contribution >= 0.6 is 11.6 Å². The summed E-state index contributed by atoms with van der Waals surface area (Å²) in [6.45, 7) is 3.19. The molecule has 1 aliphatic heterocycles. The third-order valence-electron chi connectivity index (χ3n) is 3.45. The molecule has 1 heterocycles. The van der Waals surface area contributed by atoms with Crippen LogP contribution in [0.3, 0.4) is 0 Å². The average Bonchev–Trinajstić information content (AvgIpc) is 2.63. The largest absolute Gasteiger partial charge is 0.491 e. The first-order valence-corrected chi connectivity index (χ1v) is 7.42. The van der Waals surface area contributed by atoms with E-state index in [4.69, 9.17) is 16.3 Å². The van der Waals surface area contributed by atoms with Gasteiger partial charge in [0.2, 0.25) is 11.8 Å². The smallest absolute Gasteiger partial charge is 0.242 e. The maximum absolute atomic E-state index is 12.2. The average molecular weight is 311 g/mol. The number of nitrogens with one attached hydrogen (secondary N) is 1. The van der Waals surface area contributed by atoms with Gasteiger partial charge in [0.1, 0.15) is 11.8 Å². The minimum absolute atomic E-state index is 0.0772. The molecule has 0 radical (unpaired) electrons. The molecular formula is C15H19ClN2O3. The number of amides is 2. The van der Waals surface area contributed by atoms with Gasteiger partial charge in [0, 0.05) is 13.1 Å². The van der Waals surface area contributed by atoms with E-state index in [1.54, 1.807) is 24.0 Å². The first-order chi connectivity index (χ1) is 10.1. The van der Waals surface area contributed by atoms with E-state index in [0.29, 0.717) is 23.9 Å². The summed E-state index contributed by atoms with van der Waals surface area (Å²) in [5.74, 6) is 0.383. The molecule has 0 spiro atoms. The van der Waals surface area contributed by atoms with E-state index in [0.717, 1.165) is 6.42 Å². The van der Waals surface area contributed by atoms with Crippen molar-refractivity contribution in [1.82, 2.24) is 10.2 Å². The summed E-state index contributed by atoms with van der Waals surface area (Å²) in [6, 6.07) is 6.71. The molecule has 0 bridgehead atoms. The Labute approximate surface area is 129 Å². The second kappa shape index (κ2) is 7.31. The number of benzene rings is 1. The fraction of sp³-hybridized carbons (Fsp3) is 0.467. The van der Waals surface area contributed by atoms with Gasteiger partial charge in [-0.05, 0) is 25.5 Å². The maximum Gasteiger partial charge on any atom is 0.242 e. The lowest BCUT2D eigenvalue weighted by Gasteiger charge is -2.25. The standard InChI is InChI=1S/C15H19ClN2O3/c1-11-15(20)17-8-4-9-18(11)14(19)7-10-21-13-6-3-2-5-12(13)16/h2-3,5-6,11H,4,7-10H2,1H3,(H,17,20)/t11-/m0/s1. The fourth-order valence-electron chi connectivity index (χ4n) is 2.24. The fourth-order valence-corrected chi connectivity index (χ4v) is 2.43. The lowest BCUT2D eigenvalue weighted by molar-refractivity contribution is -0.139. The molecule has 1 aromatic carbocycles. The van der Waals surface area contributed by atoms with Crippen LogP contribution in [0.15, 0.2) is 24.3 Å². The number of hydrogen-bond donors (Lipinski definition) is 1. The summed E-state index contributed by atoms with van der Waals surface area (Å²) in [7, 11) is 0. The Kier molecular flexibility index (Phi) is 5.44. The normalized spacial score (nSPS) is 18.9. The van der Waals surface area contributed by atoms with Crippen LogP contribution in [0.4, 0.5) is 0 Å². The van der Waals surface area contributed by atoms with E-state index in [-0.39, 0.29) is 24.8 Å². The topological polar surface area (TPSA) is 58.6 Å². The molecule has 6 heteroatoms. The zero-order chi connectivity index (χ0) is 15.2. The first-order valence-electron chi connectivity index (χ1n) is 7.04. The van der Waals surface area contributed by atoms with E-state index < -0.39 is 6.04 Å². The Bertz CT molecular complexity index is 521. The van der Waals surface area contributed by atoms with Crippen molar-refractivity contribution in [2.45, 2.75) is 25.8 Å². The Balaban J connectivity index is 1.86. The van der Waals surface area contributed by atoms with E-state index in [2.05, 4.69) is 5.32 Å². The highest BCUT2D eigenvalue weighted by atomic mass is 35.5. The van der Waals surface area contributed by atoms with Gasteiger partial charge in [0.25, 0.3) is 0 Å². The Hall–Kier alpha value is -1.75. The van der Waals surface area contributed by atoms with Crippen LogP contribution in [0.1, 0.15) is 19.8 Å². The van der Waals surface area contributed by atoms with Crippen molar-refractivity contribution in [3.05, 3.63) is 29.3 Å². The van der Waals surface area contributed by atoms with Crippen LogP contribution in [0.5, 0.6) is 5.75 Å².